The van der Waals surface area contributed by atoms with Crippen molar-refractivity contribution in [2.24, 2.45) is 0 Å². The van der Waals surface area contributed by atoms with Crippen LogP contribution in [-0.2, 0) is 14.3 Å². The van der Waals surface area contributed by atoms with Crippen LogP contribution in [0.4, 0.5) is 4.79 Å². The number of hydrogen-bond donors (Lipinski definition) is 1. The summed E-state index contributed by atoms with van der Waals surface area (Å²) < 4.78 is 4.49. The second-order valence-electron chi connectivity index (χ2n) is 3.11. The van der Waals surface area contributed by atoms with Gasteiger partial charge in [0.1, 0.15) is 6.04 Å². The number of carbonyl (C=O) groups is 3. The molecule has 1 aliphatic heterocycles. The topological polar surface area (TPSA) is 87.2 Å². The fourth-order valence-corrected chi connectivity index (χ4v) is 1.44. The molecule has 2 amide bonds. The molecule has 0 aromatic carbocycles. The van der Waals surface area contributed by atoms with E-state index < -0.39 is 18.1 Å². The number of carboxylic acid groups (broad SMARTS) is 1. The van der Waals surface area contributed by atoms with Crippen LogP contribution >= 0.6 is 0 Å². The summed E-state index contributed by atoms with van der Waals surface area (Å²) in [5, 5.41) is 8.74. The van der Waals surface area contributed by atoms with Gasteiger partial charge in [-0.15, -0.1) is 0 Å². The molecule has 1 saturated heterocycles. The minimum Gasteiger partial charge on any atom is -0.467 e. The van der Waals surface area contributed by atoms with Crippen molar-refractivity contribution in [2.75, 3.05) is 26.7 Å². The second-order valence-corrected chi connectivity index (χ2v) is 3.11. The molecule has 0 aromatic rings. The molecule has 1 aliphatic rings. The second kappa shape index (κ2) is 4.63. The molecule has 15 heavy (non-hydrogen) atoms. The highest BCUT2D eigenvalue weighted by molar-refractivity contribution is 5.79. The Hall–Kier alpha value is -1.79. The predicted molar refractivity (Wildman–Crippen MR) is 48.2 cm³/mol. The van der Waals surface area contributed by atoms with Crippen molar-refractivity contribution in [3.63, 3.8) is 0 Å². The van der Waals surface area contributed by atoms with Crippen LogP contribution in [-0.4, -0.2) is 66.2 Å². The lowest BCUT2D eigenvalue weighted by molar-refractivity contribution is -0.152. The molecule has 0 aliphatic carbocycles. The maximum atomic E-state index is 11.3. The van der Waals surface area contributed by atoms with Crippen molar-refractivity contribution >= 4 is 18.5 Å². The van der Waals surface area contributed by atoms with Crippen LogP contribution in [0.3, 0.4) is 0 Å². The number of piperazine rings is 1. The average Bonchev–Trinajstić information content (AvgIpc) is 2.27. The predicted octanol–water partition coefficient (Wildman–Crippen LogP) is -1.02. The number of ether oxygens (including phenoxy) is 1. The molecule has 0 radical (unpaired) electrons. The number of hydrogen-bond acceptors (Lipinski definition) is 4. The fraction of sp³-hybridized carbons (Fsp3) is 0.625. The van der Waals surface area contributed by atoms with Crippen LogP contribution in [0.25, 0.3) is 0 Å². The lowest BCUT2D eigenvalue weighted by atomic mass is 10.2. The SMILES string of the molecule is COC(=O)C1CN(C(=O)O)CCN1C=O. The smallest absolute Gasteiger partial charge is 0.407 e. The van der Waals surface area contributed by atoms with Gasteiger partial charge in [-0.3, -0.25) is 4.79 Å². The van der Waals surface area contributed by atoms with Crippen LogP contribution in [0.1, 0.15) is 0 Å². The number of nitrogens with zero attached hydrogens (tertiary/aromatic N) is 2. The molecular weight excluding hydrogens is 204 g/mol. The number of rotatable bonds is 2. The zero-order valence-electron chi connectivity index (χ0n) is 8.25. The van der Waals surface area contributed by atoms with E-state index in [9.17, 15) is 14.4 Å². The summed E-state index contributed by atoms with van der Waals surface area (Å²) in [6.45, 7) is 0.373. The third-order valence-electron chi connectivity index (χ3n) is 2.30. The highest BCUT2D eigenvalue weighted by atomic mass is 16.5. The first kappa shape index (κ1) is 11.3. The monoisotopic (exact) mass is 216 g/mol. The van der Waals surface area contributed by atoms with Gasteiger partial charge in [-0.1, -0.05) is 0 Å². The summed E-state index contributed by atoms with van der Waals surface area (Å²) in [6, 6.07) is -0.836. The van der Waals surface area contributed by atoms with Gasteiger partial charge in [0, 0.05) is 13.1 Å². The molecule has 0 saturated carbocycles. The van der Waals surface area contributed by atoms with E-state index in [4.69, 9.17) is 5.11 Å². The summed E-state index contributed by atoms with van der Waals surface area (Å²) >= 11 is 0. The Morgan fingerprint density at radius 1 is 1.47 bits per heavy atom. The molecule has 0 aromatic heterocycles. The Labute approximate surface area is 86.2 Å². The van der Waals surface area contributed by atoms with Gasteiger partial charge in [-0.2, -0.15) is 0 Å². The average molecular weight is 216 g/mol. The largest absolute Gasteiger partial charge is 0.467 e. The van der Waals surface area contributed by atoms with E-state index in [1.54, 1.807) is 0 Å². The van der Waals surface area contributed by atoms with E-state index in [2.05, 4.69) is 4.74 Å². The molecule has 0 bridgehead atoms. The molecule has 1 atom stereocenters. The molecule has 1 rings (SSSR count). The molecule has 84 valence electrons. The molecule has 1 N–H and O–H groups in total. The van der Waals surface area contributed by atoms with Gasteiger partial charge in [-0.05, 0) is 0 Å². The van der Waals surface area contributed by atoms with Gasteiger partial charge in [0.2, 0.25) is 6.41 Å². The minimum absolute atomic E-state index is 0.0409. The van der Waals surface area contributed by atoms with Crippen molar-refractivity contribution in [3.8, 4) is 0 Å². The van der Waals surface area contributed by atoms with E-state index in [-0.39, 0.29) is 19.6 Å². The van der Waals surface area contributed by atoms with Crippen molar-refractivity contribution < 1.29 is 24.2 Å². The molecule has 1 unspecified atom stereocenters. The minimum atomic E-state index is -1.10. The first-order valence-electron chi connectivity index (χ1n) is 4.37. The number of esters is 1. The number of amides is 2. The molecule has 7 heteroatoms. The zero-order valence-corrected chi connectivity index (χ0v) is 8.25. The summed E-state index contributed by atoms with van der Waals surface area (Å²) in [6.07, 6.45) is -0.574. The van der Waals surface area contributed by atoms with Gasteiger partial charge >= 0.3 is 12.1 Å². The van der Waals surface area contributed by atoms with E-state index >= 15 is 0 Å². The summed E-state index contributed by atoms with van der Waals surface area (Å²) in [5.41, 5.74) is 0. The third kappa shape index (κ3) is 2.36. The Morgan fingerprint density at radius 2 is 2.13 bits per heavy atom. The molecule has 7 nitrogen and oxygen atoms in total. The van der Waals surface area contributed by atoms with E-state index in [1.165, 1.54) is 12.0 Å². The molecule has 0 spiro atoms. The van der Waals surface area contributed by atoms with Crippen molar-refractivity contribution in [1.82, 2.24) is 9.80 Å². The van der Waals surface area contributed by atoms with Crippen LogP contribution in [0.5, 0.6) is 0 Å². The van der Waals surface area contributed by atoms with Crippen LogP contribution < -0.4 is 0 Å². The summed E-state index contributed by atoms with van der Waals surface area (Å²) in [5.74, 6) is -0.604. The van der Waals surface area contributed by atoms with Crippen molar-refractivity contribution in [2.45, 2.75) is 6.04 Å². The number of methoxy groups -OCH3 is 1. The highest BCUT2D eigenvalue weighted by Crippen LogP contribution is 2.09. The maximum Gasteiger partial charge on any atom is 0.407 e. The Bertz CT molecular complexity index is 280. The Kier molecular flexibility index (Phi) is 3.48. The van der Waals surface area contributed by atoms with Gasteiger partial charge in [-0.25, -0.2) is 9.59 Å². The van der Waals surface area contributed by atoms with Gasteiger partial charge in [0.05, 0.1) is 13.7 Å². The fourth-order valence-electron chi connectivity index (χ4n) is 1.44. The van der Waals surface area contributed by atoms with Crippen LogP contribution in [0.2, 0.25) is 0 Å². The molecular formula is C8H12N2O5. The van der Waals surface area contributed by atoms with Crippen LogP contribution in [0.15, 0.2) is 0 Å². The lowest BCUT2D eigenvalue weighted by Crippen LogP contribution is -2.57. The quantitative estimate of drug-likeness (QED) is 0.471. The van der Waals surface area contributed by atoms with E-state index in [0.717, 1.165) is 4.90 Å². The first-order valence-corrected chi connectivity index (χ1v) is 4.37. The van der Waals surface area contributed by atoms with Gasteiger partial charge < -0.3 is 19.6 Å². The summed E-state index contributed by atoms with van der Waals surface area (Å²) in [7, 11) is 1.20. The Morgan fingerprint density at radius 3 is 2.60 bits per heavy atom. The third-order valence-corrected chi connectivity index (χ3v) is 2.30. The first-order chi connectivity index (χ1) is 7.10. The zero-order chi connectivity index (χ0) is 11.4. The molecule has 1 heterocycles. The highest BCUT2D eigenvalue weighted by Gasteiger charge is 2.34. The van der Waals surface area contributed by atoms with E-state index in [0.29, 0.717) is 6.41 Å². The van der Waals surface area contributed by atoms with E-state index in [1.807, 2.05) is 0 Å². The maximum absolute atomic E-state index is 11.3. The summed E-state index contributed by atoms with van der Waals surface area (Å²) in [4.78, 5) is 34.9. The number of carbonyl (C=O) groups excluding carboxylic acids is 2. The van der Waals surface area contributed by atoms with Crippen molar-refractivity contribution in [3.05, 3.63) is 0 Å². The van der Waals surface area contributed by atoms with Crippen LogP contribution in [0, 0.1) is 0 Å². The normalized spacial score (nSPS) is 21.0. The standard InChI is InChI=1S/C8H12N2O5/c1-15-7(12)6-4-9(8(13)14)2-3-10(6)5-11/h5-6H,2-4H2,1H3,(H,13,14). The Balaban J connectivity index is 2.73. The molecule has 1 fully saturated rings. The van der Waals surface area contributed by atoms with Gasteiger partial charge in [0.25, 0.3) is 0 Å². The van der Waals surface area contributed by atoms with Crippen molar-refractivity contribution in [1.29, 1.82) is 0 Å². The van der Waals surface area contributed by atoms with Gasteiger partial charge in [0.15, 0.2) is 0 Å². The lowest BCUT2D eigenvalue weighted by Gasteiger charge is -2.36.